The van der Waals surface area contributed by atoms with Crippen LogP contribution in [0, 0.1) is 6.92 Å². The summed E-state index contributed by atoms with van der Waals surface area (Å²) < 4.78 is 16.0. The maximum Gasteiger partial charge on any atom is 0.343 e. The van der Waals surface area contributed by atoms with Gasteiger partial charge in [-0.25, -0.2) is 9.78 Å². The molecule has 29 heavy (non-hydrogen) atoms. The molecule has 0 spiro atoms. The molecule has 3 aromatic rings. The first-order valence-corrected chi connectivity index (χ1v) is 10.5. The highest BCUT2D eigenvalue weighted by Gasteiger charge is 2.26. The van der Waals surface area contributed by atoms with Gasteiger partial charge < -0.3 is 14.2 Å². The topological polar surface area (TPSA) is 57.7 Å². The highest BCUT2D eigenvalue weighted by molar-refractivity contribution is 7.09. The first-order valence-electron chi connectivity index (χ1n) is 9.61. The van der Waals surface area contributed by atoms with E-state index in [9.17, 15) is 4.79 Å². The largest absolute Gasteiger partial charge is 0.486 e. The van der Waals surface area contributed by atoms with Gasteiger partial charge in [-0.2, -0.15) is 0 Å². The van der Waals surface area contributed by atoms with Crippen LogP contribution in [0.25, 0.3) is 11.3 Å². The Morgan fingerprint density at radius 1 is 1.17 bits per heavy atom. The molecule has 1 aliphatic rings. The van der Waals surface area contributed by atoms with Crippen molar-refractivity contribution in [1.82, 2.24) is 4.98 Å². The van der Waals surface area contributed by atoms with Gasteiger partial charge in [0.15, 0.2) is 6.61 Å². The first kappa shape index (κ1) is 19.5. The third-order valence-corrected chi connectivity index (χ3v) is 5.71. The summed E-state index contributed by atoms with van der Waals surface area (Å²) in [5.41, 5.74) is 4.56. The molecule has 5 nitrogen and oxygen atoms in total. The van der Waals surface area contributed by atoms with Gasteiger partial charge in [0.2, 0.25) is 0 Å². The molecule has 0 atom stereocenters. The van der Waals surface area contributed by atoms with E-state index in [2.05, 4.69) is 34.4 Å². The number of carbonyl (C=O) groups excluding carboxylic acids is 1. The van der Waals surface area contributed by atoms with Crippen LogP contribution in [0.3, 0.4) is 0 Å². The van der Waals surface area contributed by atoms with Gasteiger partial charge in [-0.1, -0.05) is 24.3 Å². The van der Waals surface area contributed by atoms with E-state index in [0.29, 0.717) is 18.3 Å². The van der Waals surface area contributed by atoms with Crippen molar-refractivity contribution in [1.29, 1.82) is 0 Å². The van der Waals surface area contributed by atoms with E-state index in [1.165, 1.54) is 31.1 Å². The van der Waals surface area contributed by atoms with E-state index in [1.807, 2.05) is 19.1 Å². The van der Waals surface area contributed by atoms with E-state index in [-0.39, 0.29) is 6.61 Å². The van der Waals surface area contributed by atoms with Gasteiger partial charge in [-0.15, -0.1) is 11.3 Å². The molecule has 1 aromatic heterocycles. The molecular formula is C23H23NO4S. The van der Waals surface area contributed by atoms with Crippen molar-refractivity contribution < 1.29 is 19.0 Å². The molecule has 0 N–H and O–H groups in total. The SMILES string of the molecule is COC(=O)COc1ccc(OCc2nc(-c3ccccc3C3CC3)cs2)cc1C. The molecule has 1 aliphatic carbocycles. The van der Waals surface area contributed by atoms with E-state index in [0.717, 1.165) is 22.0 Å². The van der Waals surface area contributed by atoms with Gasteiger partial charge in [0.05, 0.1) is 12.8 Å². The van der Waals surface area contributed by atoms with Crippen molar-refractivity contribution in [3.63, 3.8) is 0 Å². The number of nitrogens with zero attached hydrogens (tertiary/aromatic N) is 1. The van der Waals surface area contributed by atoms with Gasteiger partial charge in [0, 0.05) is 10.9 Å². The predicted octanol–water partition coefficient (Wildman–Crippen LogP) is 5.13. The number of benzene rings is 2. The lowest BCUT2D eigenvalue weighted by atomic mass is 10.0. The number of carbonyl (C=O) groups is 1. The van der Waals surface area contributed by atoms with Crippen LogP contribution in [0.2, 0.25) is 0 Å². The molecule has 0 radical (unpaired) electrons. The van der Waals surface area contributed by atoms with Crippen molar-refractivity contribution >= 4 is 17.3 Å². The second-order valence-corrected chi connectivity index (χ2v) is 8.01. The van der Waals surface area contributed by atoms with Gasteiger partial charge >= 0.3 is 5.97 Å². The number of aromatic nitrogens is 1. The zero-order valence-electron chi connectivity index (χ0n) is 16.5. The van der Waals surface area contributed by atoms with Gasteiger partial charge in [-0.05, 0) is 55.0 Å². The van der Waals surface area contributed by atoms with Crippen molar-refractivity contribution in [2.75, 3.05) is 13.7 Å². The number of esters is 1. The molecule has 150 valence electrons. The number of hydrogen-bond acceptors (Lipinski definition) is 6. The van der Waals surface area contributed by atoms with Crippen LogP contribution >= 0.6 is 11.3 Å². The molecule has 6 heteroatoms. The summed E-state index contributed by atoms with van der Waals surface area (Å²) in [6.07, 6.45) is 2.55. The lowest BCUT2D eigenvalue weighted by Crippen LogP contribution is -2.13. The van der Waals surface area contributed by atoms with Gasteiger partial charge in [-0.3, -0.25) is 0 Å². The molecule has 2 aromatic carbocycles. The minimum Gasteiger partial charge on any atom is -0.486 e. The average molecular weight is 410 g/mol. The maximum atomic E-state index is 11.2. The van der Waals surface area contributed by atoms with E-state index >= 15 is 0 Å². The number of hydrogen-bond donors (Lipinski definition) is 0. The van der Waals surface area contributed by atoms with Crippen LogP contribution in [0.15, 0.2) is 47.8 Å². The molecule has 0 bridgehead atoms. The highest BCUT2D eigenvalue weighted by atomic mass is 32.1. The molecular weight excluding hydrogens is 386 g/mol. The number of aryl methyl sites for hydroxylation is 1. The van der Waals surface area contributed by atoms with Crippen LogP contribution in [0.4, 0.5) is 0 Å². The van der Waals surface area contributed by atoms with Gasteiger partial charge in [0.1, 0.15) is 23.1 Å². The lowest BCUT2D eigenvalue weighted by molar-refractivity contribution is -0.142. The summed E-state index contributed by atoms with van der Waals surface area (Å²) in [7, 11) is 1.34. The minimum absolute atomic E-state index is 0.109. The maximum absolute atomic E-state index is 11.2. The summed E-state index contributed by atoms with van der Waals surface area (Å²) in [6, 6.07) is 14.1. The van der Waals surface area contributed by atoms with E-state index in [4.69, 9.17) is 14.5 Å². The third kappa shape index (κ3) is 4.77. The van der Waals surface area contributed by atoms with E-state index in [1.54, 1.807) is 17.4 Å². The third-order valence-electron chi connectivity index (χ3n) is 4.89. The monoisotopic (exact) mass is 409 g/mol. The highest BCUT2D eigenvalue weighted by Crippen LogP contribution is 2.44. The van der Waals surface area contributed by atoms with Crippen molar-refractivity contribution in [2.45, 2.75) is 32.3 Å². The Morgan fingerprint density at radius 2 is 2.00 bits per heavy atom. The van der Waals surface area contributed by atoms with Crippen LogP contribution in [0.1, 0.15) is 34.9 Å². The van der Waals surface area contributed by atoms with Gasteiger partial charge in [0.25, 0.3) is 0 Å². The standard InChI is InChI=1S/C23H23NO4S/c1-15-11-17(9-10-21(15)28-13-23(25)26-2)27-12-22-24-20(14-29-22)19-6-4-3-5-18(19)16-7-8-16/h3-6,9-11,14,16H,7-8,12-13H2,1-2H3. The van der Waals surface area contributed by atoms with Crippen molar-refractivity contribution in [2.24, 2.45) is 0 Å². The molecule has 0 aliphatic heterocycles. The van der Waals surface area contributed by atoms with Crippen molar-refractivity contribution in [3.8, 4) is 22.8 Å². The zero-order valence-corrected chi connectivity index (χ0v) is 17.3. The molecule has 0 unspecified atom stereocenters. The smallest absolute Gasteiger partial charge is 0.343 e. The molecule has 1 saturated carbocycles. The Morgan fingerprint density at radius 3 is 2.76 bits per heavy atom. The second-order valence-electron chi connectivity index (χ2n) is 7.07. The fraction of sp³-hybridized carbons (Fsp3) is 0.304. The Hall–Kier alpha value is -2.86. The summed E-state index contributed by atoms with van der Waals surface area (Å²) in [4.78, 5) is 16.0. The second kappa shape index (κ2) is 8.66. The summed E-state index contributed by atoms with van der Waals surface area (Å²) in [6.45, 7) is 2.22. The molecule has 1 fully saturated rings. The van der Waals surface area contributed by atoms with Crippen LogP contribution in [0.5, 0.6) is 11.5 Å². The fourth-order valence-electron chi connectivity index (χ4n) is 3.20. The summed E-state index contributed by atoms with van der Waals surface area (Å²) in [5, 5.41) is 3.05. The lowest BCUT2D eigenvalue weighted by Gasteiger charge is -2.10. The van der Waals surface area contributed by atoms with E-state index < -0.39 is 5.97 Å². The fourth-order valence-corrected chi connectivity index (χ4v) is 3.90. The molecule has 0 saturated heterocycles. The minimum atomic E-state index is -0.410. The molecule has 0 amide bonds. The predicted molar refractivity (Wildman–Crippen MR) is 113 cm³/mol. The summed E-state index contributed by atoms with van der Waals surface area (Å²) in [5.74, 6) is 1.65. The summed E-state index contributed by atoms with van der Waals surface area (Å²) >= 11 is 1.61. The van der Waals surface area contributed by atoms with Crippen LogP contribution < -0.4 is 9.47 Å². The Kier molecular flexibility index (Phi) is 5.81. The molecule has 4 rings (SSSR count). The Balaban J connectivity index is 1.39. The normalized spacial score (nSPS) is 13.2. The zero-order chi connectivity index (χ0) is 20.2. The number of methoxy groups -OCH3 is 1. The first-order chi connectivity index (χ1) is 14.1. The van der Waals surface area contributed by atoms with Crippen LogP contribution in [-0.4, -0.2) is 24.7 Å². The number of rotatable bonds is 8. The van der Waals surface area contributed by atoms with Crippen LogP contribution in [-0.2, 0) is 16.1 Å². The average Bonchev–Trinajstić information content (AvgIpc) is 3.49. The van der Waals surface area contributed by atoms with Crippen molar-refractivity contribution in [3.05, 3.63) is 64.0 Å². The Bertz CT molecular complexity index is 1010. The number of thiazole rings is 1. The number of ether oxygens (including phenoxy) is 3. The quantitative estimate of drug-likeness (QED) is 0.483. The molecule has 1 heterocycles. The Labute approximate surface area is 174 Å².